The van der Waals surface area contributed by atoms with Gasteiger partial charge in [-0.05, 0) is 23.8 Å². The minimum Gasteiger partial charge on any atom is -0.336 e. The van der Waals surface area contributed by atoms with Gasteiger partial charge in [0.2, 0.25) is 5.91 Å². The van der Waals surface area contributed by atoms with Crippen molar-refractivity contribution in [3.8, 4) is 0 Å². The molecule has 2 amide bonds. The standard InChI is InChI=1S/C20H20F3N3O2.ClH/c1-12(27)25-16-8-14(7-15(9-16)20(21,22)23)19(28)26-10-17(18(24)11-26)13-5-3-2-4-6-13;/h2-9,17-18H,10-11,24H2,1H3,(H,25,27);1H/t17-,18+;/m0./s1. The number of likely N-dealkylation sites (tertiary alicyclic amines) is 1. The molecule has 0 radical (unpaired) electrons. The predicted octanol–water partition coefficient (Wildman–Crippen LogP) is 3.65. The van der Waals surface area contributed by atoms with Crippen LogP contribution in [-0.4, -0.2) is 35.8 Å². The largest absolute Gasteiger partial charge is 0.416 e. The Labute approximate surface area is 172 Å². The molecule has 156 valence electrons. The monoisotopic (exact) mass is 427 g/mol. The molecule has 1 heterocycles. The number of carbonyl (C=O) groups is 2. The van der Waals surface area contributed by atoms with Crippen molar-refractivity contribution in [2.24, 2.45) is 5.73 Å². The molecule has 2 aromatic carbocycles. The molecular weight excluding hydrogens is 407 g/mol. The first kappa shape index (κ1) is 22.7. The van der Waals surface area contributed by atoms with E-state index in [4.69, 9.17) is 5.73 Å². The van der Waals surface area contributed by atoms with Gasteiger partial charge < -0.3 is 16.0 Å². The number of nitrogens with one attached hydrogen (secondary N) is 1. The lowest BCUT2D eigenvalue weighted by Crippen LogP contribution is -2.32. The Morgan fingerprint density at radius 1 is 1.10 bits per heavy atom. The van der Waals surface area contributed by atoms with Crippen molar-refractivity contribution < 1.29 is 22.8 Å². The number of benzene rings is 2. The van der Waals surface area contributed by atoms with Crippen molar-refractivity contribution in [2.45, 2.75) is 25.1 Å². The number of hydrogen-bond acceptors (Lipinski definition) is 3. The number of hydrogen-bond donors (Lipinski definition) is 2. The summed E-state index contributed by atoms with van der Waals surface area (Å²) < 4.78 is 39.6. The molecular formula is C20H21ClF3N3O2. The van der Waals surface area contributed by atoms with Crippen LogP contribution in [0.15, 0.2) is 48.5 Å². The normalized spacial score (nSPS) is 18.9. The molecule has 3 N–H and O–H groups in total. The Kier molecular flexibility index (Phi) is 6.92. The minimum atomic E-state index is -4.64. The van der Waals surface area contributed by atoms with E-state index >= 15 is 0 Å². The van der Waals surface area contributed by atoms with Crippen molar-refractivity contribution in [1.82, 2.24) is 4.90 Å². The Bertz CT molecular complexity index is 890. The summed E-state index contributed by atoms with van der Waals surface area (Å²) in [4.78, 5) is 25.6. The molecule has 5 nitrogen and oxygen atoms in total. The summed E-state index contributed by atoms with van der Waals surface area (Å²) in [7, 11) is 0. The Balaban J connectivity index is 0.00000300. The molecule has 2 aromatic rings. The fraction of sp³-hybridized carbons (Fsp3) is 0.300. The highest BCUT2D eigenvalue weighted by atomic mass is 35.5. The van der Waals surface area contributed by atoms with Crippen LogP contribution in [0.1, 0.15) is 34.3 Å². The molecule has 1 saturated heterocycles. The molecule has 0 bridgehead atoms. The van der Waals surface area contributed by atoms with E-state index in [1.807, 2.05) is 30.3 Å². The van der Waals surface area contributed by atoms with Gasteiger partial charge >= 0.3 is 6.18 Å². The van der Waals surface area contributed by atoms with Crippen LogP contribution in [0, 0.1) is 0 Å². The van der Waals surface area contributed by atoms with E-state index in [0.29, 0.717) is 6.54 Å². The molecule has 0 aromatic heterocycles. The van der Waals surface area contributed by atoms with Gasteiger partial charge in [0, 0.05) is 43.2 Å². The highest BCUT2D eigenvalue weighted by molar-refractivity contribution is 5.97. The third kappa shape index (κ3) is 5.27. The van der Waals surface area contributed by atoms with Gasteiger partial charge in [-0.2, -0.15) is 13.2 Å². The lowest BCUT2D eigenvalue weighted by molar-refractivity contribution is -0.137. The van der Waals surface area contributed by atoms with Gasteiger partial charge in [0.15, 0.2) is 0 Å². The number of carbonyl (C=O) groups excluding carboxylic acids is 2. The van der Waals surface area contributed by atoms with Crippen molar-refractivity contribution in [3.05, 3.63) is 65.2 Å². The summed E-state index contributed by atoms with van der Waals surface area (Å²) in [5, 5.41) is 2.31. The molecule has 29 heavy (non-hydrogen) atoms. The summed E-state index contributed by atoms with van der Waals surface area (Å²) in [6, 6.07) is 12.0. The maximum atomic E-state index is 13.2. The maximum Gasteiger partial charge on any atom is 0.416 e. The third-order valence-electron chi connectivity index (χ3n) is 4.71. The first-order valence-corrected chi connectivity index (χ1v) is 8.75. The second-order valence-electron chi connectivity index (χ2n) is 6.87. The summed E-state index contributed by atoms with van der Waals surface area (Å²) in [5.74, 6) is -1.16. The predicted molar refractivity (Wildman–Crippen MR) is 106 cm³/mol. The lowest BCUT2D eigenvalue weighted by atomic mass is 9.95. The van der Waals surface area contributed by atoms with Crippen LogP contribution in [0.4, 0.5) is 18.9 Å². The zero-order valence-electron chi connectivity index (χ0n) is 15.6. The molecule has 0 aliphatic carbocycles. The van der Waals surface area contributed by atoms with E-state index in [-0.39, 0.29) is 42.2 Å². The van der Waals surface area contributed by atoms with Gasteiger partial charge in [-0.3, -0.25) is 9.59 Å². The molecule has 0 spiro atoms. The minimum absolute atomic E-state index is 0. The number of halogens is 4. The number of amides is 2. The van der Waals surface area contributed by atoms with Crippen LogP contribution >= 0.6 is 12.4 Å². The highest BCUT2D eigenvalue weighted by Gasteiger charge is 2.36. The smallest absolute Gasteiger partial charge is 0.336 e. The number of rotatable bonds is 3. The first-order chi connectivity index (χ1) is 13.1. The van der Waals surface area contributed by atoms with E-state index in [1.165, 1.54) is 17.9 Å². The lowest BCUT2D eigenvalue weighted by Gasteiger charge is -2.18. The van der Waals surface area contributed by atoms with Crippen molar-refractivity contribution in [2.75, 3.05) is 18.4 Å². The second-order valence-corrected chi connectivity index (χ2v) is 6.87. The van der Waals surface area contributed by atoms with Gasteiger partial charge in [-0.15, -0.1) is 12.4 Å². The average Bonchev–Trinajstić information content (AvgIpc) is 3.02. The maximum absolute atomic E-state index is 13.2. The number of nitrogens with zero attached hydrogens (tertiary/aromatic N) is 1. The number of anilines is 1. The third-order valence-corrected chi connectivity index (χ3v) is 4.71. The van der Waals surface area contributed by atoms with Crippen molar-refractivity contribution >= 4 is 29.9 Å². The van der Waals surface area contributed by atoms with Gasteiger partial charge in [0.25, 0.3) is 5.91 Å². The van der Waals surface area contributed by atoms with Crippen LogP contribution in [-0.2, 0) is 11.0 Å². The molecule has 1 fully saturated rings. The van der Waals surface area contributed by atoms with Crippen LogP contribution < -0.4 is 11.1 Å². The molecule has 9 heteroatoms. The second kappa shape index (κ2) is 8.84. The summed E-state index contributed by atoms with van der Waals surface area (Å²) in [5.41, 5.74) is 5.95. The molecule has 0 saturated carbocycles. The Morgan fingerprint density at radius 3 is 2.34 bits per heavy atom. The zero-order chi connectivity index (χ0) is 20.5. The number of alkyl halides is 3. The first-order valence-electron chi connectivity index (χ1n) is 8.75. The molecule has 0 unspecified atom stereocenters. The fourth-order valence-electron chi connectivity index (χ4n) is 3.42. The van der Waals surface area contributed by atoms with Gasteiger partial charge in [0.1, 0.15) is 0 Å². The fourth-order valence-corrected chi connectivity index (χ4v) is 3.42. The highest BCUT2D eigenvalue weighted by Crippen LogP contribution is 2.33. The molecule has 1 aliphatic rings. The van der Waals surface area contributed by atoms with Gasteiger partial charge in [0.05, 0.1) is 5.56 Å². The SMILES string of the molecule is CC(=O)Nc1cc(C(=O)N2C[C@@H](N)[C@H](c3ccccc3)C2)cc(C(F)(F)F)c1.Cl. The summed E-state index contributed by atoms with van der Waals surface area (Å²) in [6.45, 7) is 1.74. The molecule has 3 rings (SSSR count). The summed E-state index contributed by atoms with van der Waals surface area (Å²) >= 11 is 0. The van der Waals surface area contributed by atoms with Gasteiger partial charge in [-0.25, -0.2) is 0 Å². The van der Waals surface area contributed by atoms with E-state index in [9.17, 15) is 22.8 Å². The van der Waals surface area contributed by atoms with Crippen molar-refractivity contribution in [1.29, 1.82) is 0 Å². The van der Waals surface area contributed by atoms with Crippen LogP contribution in [0.5, 0.6) is 0 Å². The van der Waals surface area contributed by atoms with Crippen molar-refractivity contribution in [3.63, 3.8) is 0 Å². The van der Waals surface area contributed by atoms with Crippen LogP contribution in [0.25, 0.3) is 0 Å². The Morgan fingerprint density at radius 2 is 1.76 bits per heavy atom. The van der Waals surface area contributed by atoms with E-state index in [2.05, 4.69) is 5.32 Å². The molecule has 1 aliphatic heterocycles. The molecule has 2 atom stereocenters. The van der Waals surface area contributed by atoms with Crippen LogP contribution in [0.3, 0.4) is 0 Å². The summed E-state index contributed by atoms with van der Waals surface area (Å²) in [6.07, 6.45) is -4.64. The Hall–Kier alpha value is -2.58. The van der Waals surface area contributed by atoms with Gasteiger partial charge in [-0.1, -0.05) is 30.3 Å². The quantitative estimate of drug-likeness (QED) is 0.785. The van der Waals surface area contributed by atoms with Crippen LogP contribution in [0.2, 0.25) is 0 Å². The average molecular weight is 428 g/mol. The van der Waals surface area contributed by atoms with E-state index < -0.39 is 23.6 Å². The zero-order valence-corrected chi connectivity index (χ0v) is 16.4. The topological polar surface area (TPSA) is 75.4 Å². The number of nitrogens with two attached hydrogens (primary N) is 1. The van der Waals surface area contributed by atoms with E-state index in [1.54, 1.807) is 0 Å². The van der Waals surface area contributed by atoms with E-state index in [0.717, 1.165) is 17.7 Å².